The Morgan fingerprint density at radius 1 is 1.22 bits per heavy atom. The lowest BCUT2D eigenvalue weighted by Gasteiger charge is -2.41. The van der Waals surface area contributed by atoms with Crippen LogP contribution in [0.3, 0.4) is 0 Å². The Morgan fingerprint density at radius 2 is 2.04 bits per heavy atom. The average molecular weight is 368 g/mol. The molecule has 0 unspecified atom stereocenters. The van der Waals surface area contributed by atoms with E-state index in [0.29, 0.717) is 18.1 Å². The summed E-state index contributed by atoms with van der Waals surface area (Å²) in [6.07, 6.45) is 4.71. The van der Waals surface area contributed by atoms with Crippen LogP contribution < -0.4 is 5.56 Å². The van der Waals surface area contributed by atoms with Crippen LogP contribution >= 0.6 is 0 Å². The van der Waals surface area contributed by atoms with Gasteiger partial charge in [-0.25, -0.2) is 4.98 Å². The molecule has 1 atom stereocenters. The van der Waals surface area contributed by atoms with E-state index < -0.39 is 0 Å². The van der Waals surface area contributed by atoms with Crippen molar-refractivity contribution in [3.8, 4) is 0 Å². The minimum atomic E-state index is -0.246. The Labute approximate surface area is 159 Å². The van der Waals surface area contributed by atoms with Gasteiger partial charge in [-0.1, -0.05) is 6.07 Å². The number of likely N-dealkylation sites (tertiary alicyclic amines) is 2. The molecule has 2 fully saturated rings. The zero-order valence-corrected chi connectivity index (χ0v) is 16.4. The number of hydrogen-bond acceptors (Lipinski definition) is 4. The number of carbonyl (C=O) groups is 1. The van der Waals surface area contributed by atoms with Crippen LogP contribution in [0.2, 0.25) is 0 Å². The quantitative estimate of drug-likeness (QED) is 0.834. The van der Waals surface area contributed by atoms with Gasteiger partial charge in [-0.3, -0.25) is 18.9 Å². The van der Waals surface area contributed by atoms with Crippen LogP contribution in [0.25, 0.3) is 5.65 Å². The molecule has 6 heteroatoms. The first-order chi connectivity index (χ1) is 12.9. The van der Waals surface area contributed by atoms with Crippen molar-refractivity contribution < 1.29 is 4.79 Å². The number of nitrogens with zero attached hydrogens (tertiary/aromatic N) is 4. The molecular weight excluding hydrogens is 340 g/mol. The standard InChI is InChI=1S/C21H28N4O2/c1-15(2)24-10-5-7-21(20(24)27)8-11-23(14-21)13-17-12-18(26)25-9-4-6-16(3)19(25)22-17/h4,6,9,12,15H,5,7-8,10-11,13-14H2,1-3H3/t21-/m0/s1. The van der Waals surface area contributed by atoms with Gasteiger partial charge >= 0.3 is 0 Å². The molecule has 2 aliphatic heterocycles. The van der Waals surface area contributed by atoms with Crippen LogP contribution in [0.15, 0.2) is 29.2 Å². The molecule has 0 bridgehead atoms. The molecule has 6 nitrogen and oxygen atoms in total. The average Bonchev–Trinajstić information content (AvgIpc) is 3.02. The Balaban J connectivity index is 1.55. The maximum Gasteiger partial charge on any atom is 0.258 e. The predicted molar refractivity (Wildman–Crippen MR) is 105 cm³/mol. The van der Waals surface area contributed by atoms with Crippen LogP contribution in [0, 0.1) is 12.3 Å². The second-order valence-corrected chi connectivity index (χ2v) is 8.41. The second-order valence-electron chi connectivity index (χ2n) is 8.41. The van der Waals surface area contributed by atoms with Gasteiger partial charge in [-0.15, -0.1) is 0 Å². The van der Waals surface area contributed by atoms with E-state index in [4.69, 9.17) is 4.98 Å². The number of hydrogen-bond donors (Lipinski definition) is 0. The molecule has 4 heterocycles. The summed E-state index contributed by atoms with van der Waals surface area (Å²) in [5.41, 5.74) is 2.20. The highest BCUT2D eigenvalue weighted by atomic mass is 16.2. The van der Waals surface area contributed by atoms with Gasteiger partial charge in [0.05, 0.1) is 11.1 Å². The fourth-order valence-electron chi connectivity index (χ4n) is 4.68. The zero-order valence-electron chi connectivity index (χ0n) is 16.4. The highest BCUT2D eigenvalue weighted by Gasteiger charge is 2.48. The molecule has 1 spiro atoms. The second kappa shape index (κ2) is 6.75. The molecule has 2 aromatic rings. The summed E-state index contributed by atoms with van der Waals surface area (Å²) in [5.74, 6) is 0.314. The van der Waals surface area contributed by atoms with Gasteiger partial charge in [0.15, 0.2) is 0 Å². The minimum Gasteiger partial charge on any atom is -0.340 e. The predicted octanol–water partition coefficient (Wildman–Crippen LogP) is 2.23. The molecule has 0 saturated carbocycles. The number of carbonyl (C=O) groups excluding carboxylic acids is 1. The Morgan fingerprint density at radius 3 is 2.81 bits per heavy atom. The number of aryl methyl sites for hydroxylation is 1. The SMILES string of the molecule is Cc1cccn2c(=O)cc(CN3CC[C@@]4(CCCN(C(C)C)C4=O)C3)nc12. The third-order valence-electron chi connectivity index (χ3n) is 6.15. The molecule has 4 rings (SSSR count). The number of pyridine rings is 1. The van der Waals surface area contributed by atoms with Gasteiger partial charge in [0.1, 0.15) is 5.65 Å². The maximum atomic E-state index is 13.1. The first-order valence-electron chi connectivity index (χ1n) is 9.91. The van der Waals surface area contributed by atoms with Crippen molar-refractivity contribution >= 4 is 11.6 Å². The van der Waals surface area contributed by atoms with Crippen LogP contribution in [0.4, 0.5) is 0 Å². The summed E-state index contributed by atoms with van der Waals surface area (Å²) in [7, 11) is 0. The summed E-state index contributed by atoms with van der Waals surface area (Å²) in [4.78, 5) is 34.6. The Hall–Kier alpha value is -2.21. The summed E-state index contributed by atoms with van der Waals surface area (Å²) < 4.78 is 1.59. The highest BCUT2D eigenvalue weighted by molar-refractivity contribution is 5.84. The first kappa shape index (κ1) is 18.2. The molecule has 0 radical (unpaired) electrons. The van der Waals surface area contributed by atoms with E-state index in [1.165, 1.54) is 0 Å². The van der Waals surface area contributed by atoms with Crippen molar-refractivity contribution in [2.45, 2.75) is 52.6 Å². The van der Waals surface area contributed by atoms with Crippen molar-refractivity contribution in [3.05, 3.63) is 46.0 Å². The summed E-state index contributed by atoms with van der Waals surface area (Å²) >= 11 is 0. The van der Waals surface area contributed by atoms with E-state index in [1.807, 2.05) is 24.0 Å². The number of piperidine rings is 1. The summed E-state index contributed by atoms with van der Waals surface area (Å²) in [5, 5.41) is 0. The van der Waals surface area contributed by atoms with Gasteiger partial charge in [0.2, 0.25) is 5.91 Å². The number of amides is 1. The zero-order chi connectivity index (χ0) is 19.2. The lowest BCUT2D eigenvalue weighted by Crippen LogP contribution is -2.52. The smallest absolute Gasteiger partial charge is 0.258 e. The Bertz CT molecular complexity index is 935. The van der Waals surface area contributed by atoms with Gasteiger partial charge < -0.3 is 4.90 Å². The topological polar surface area (TPSA) is 57.9 Å². The molecule has 2 aromatic heterocycles. The summed E-state index contributed by atoms with van der Waals surface area (Å²) in [6.45, 7) is 9.31. The Kier molecular flexibility index (Phi) is 4.54. The molecule has 2 aliphatic rings. The molecule has 144 valence electrons. The normalized spacial score (nSPS) is 23.9. The van der Waals surface area contributed by atoms with Crippen molar-refractivity contribution in [3.63, 3.8) is 0 Å². The first-order valence-corrected chi connectivity index (χ1v) is 9.91. The van der Waals surface area contributed by atoms with Gasteiger partial charge in [-0.2, -0.15) is 0 Å². The molecule has 0 aromatic carbocycles. The van der Waals surface area contributed by atoms with Crippen molar-refractivity contribution in [2.24, 2.45) is 5.41 Å². The maximum absolute atomic E-state index is 13.1. The molecule has 0 N–H and O–H groups in total. The van der Waals surface area contributed by atoms with Crippen molar-refractivity contribution in [1.82, 2.24) is 19.2 Å². The highest BCUT2D eigenvalue weighted by Crippen LogP contribution is 2.40. The lowest BCUT2D eigenvalue weighted by atomic mass is 9.78. The molecule has 27 heavy (non-hydrogen) atoms. The third-order valence-corrected chi connectivity index (χ3v) is 6.15. The largest absolute Gasteiger partial charge is 0.340 e. The minimum absolute atomic E-state index is 0.0488. The van der Waals surface area contributed by atoms with E-state index in [1.54, 1.807) is 16.7 Å². The molecule has 1 amide bonds. The van der Waals surface area contributed by atoms with E-state index >= 15 is 0 Å². The van der Waals surface area contributed by atoms with Crippen LogP contribution in [-0.4, -0.2) is 50.8 Å². The van der Waals surface area contributed by atoms with Crippen LogP contribution in [0.1, 0.15) is 44.4 Å². The van der Waals surface area contributed by atoms with Crippen LogP contribution in [0.5, 0.6) is 0 Å². The van der Waals surface area contributed by atoms with E-state index in [0.717, 1.165) is 50.2 Å². The van der Waals surface area contributed by atoms with Gasteiger partial charge in [-0.05, 0) is 58.2 Å². The van der Waals surface area contributed by atoms with Crippen molar-refractivity contribution in [2.75, 3.05) is 19.6 Å². The summed E-state index contributed by atoms with van der Waals surface area (Å²) in [6, 6.07) is 5.72. The monoisotopic (exact) mass is 368 g/mol. The molecule has 0 aliphatic carbocycles. The number of fused-ring (bicyclic) bond motifs is 1. The number of rotatable bonds is 3. The van der Waals surface area contributed by atoms with E-state index in [-0.39, 0.29) is 17.0 Å². The van der Waals surface area contributed by atoms with E-state index in [9.17, 15) is 9.59 Å². The number of aromatic nitrogens is 2. The van der Waals surface area contributed by atoms with Gasteiger partial charge in [0, 0.05) is 37.9 Å². The molecular formula is C21H28N4O2. The fraction of sp³-hybridized carbons (Fsp3) is 0.571. The van der Waals surface area contributed by atoms with Crippen molar-refractivity contribution in [1.29, 1.82) is 0 Å². The molecule has 2 saturated heterocycles. The fourth-order valence-corrected chi connectivity index (χ4v) is 4.68. The van der Waals surface area contributed by atoms with Crippen LogP contribution in [-0.2, 0) is 11.3 Å². The lowest BCUT2D eigenvalue weighted by molar-refractivity contribution is -0.147. The third kappa shape index (κ3) is 3.16. The van der Waals surface area contributed by atoms with Gasteiger partial charge in [0.25, 0.3) is 5.56 Å². The van der Waals surface area contributed by atoms with E-state index in [2.05, 4.69) is 18.7 Å².